The van der Waals surface area contributed by atoms with Crippen molar-refractivity contribution < 1.29 is 24.5 Å². The van der Waals surface area contributed by atoms with E-state index in [0.717, 1.165) is 0 Å². The van der Waals surface area contributed by atoms with E-state index in [1.807, 2.05) is 0 Å². The summed E-state index contributed by atoms with van der Waals surface area (Å²) >= 11 is 2.52. The zero-order valence-electron chi connectivity index (χ0n) is 6.36. The van der Waals surface area contributed by atoms with E-state index in [9.17, 15) is 19.4 Å². The van der Waals surface area contributed by atoms with E-state index < -0.39 is 25.3 Å². The molecule has 0 saturated carbocycles. The fraction of sp³-hybridized carbons (Fsp3) is 0. The van der Waals surface area contributed by atoms with Crippen molar-refractivity contribution in [2.45, 2.75) is 4.90 Å². The highest BCUT2D eigenvalue weighted by atomic mass is 79.9. The summed E-state index contributed by atoms with van der Waals surface area (Å²) in [7, 11) is -9.63. The van der Waals surface area contributed by atoms with E-state index in [4.69, 9.17) is 5.11 Å². The molecule has 0 aliphatic heterocycles. The molecule has 14 heavy (non-hydrogen) atoms. The largest absolute Gasteiger partial charge is 0.507 e. The van der Waals surface area contributed by atoms with Crippen LogP contribution >= 0.6 is 26.2 Å². The molecule has 0 atom stereocenters. The van der Waals surface area contributed by atoms with Crippen molar-refractivity contribution in [3.05, 3.63) is 22.7 Å². The van der Waals surface area contributed by atoms with Gasteiger partial charge in [-0.25, -0.2) is 0 Å². The number of hydrogen-bond donors (Lipinski definition) is 1. The van der Waals surface area contributed by atoms with E-state index in [1.54, 1.807) is 0 Å². The van der Waals surface area contributed by atoms with Crippen LogP contribution in [0.3, 0.4) is 0 Å². The van der Waals surface area contributed by atoms with Crippen LogP contribution in [0, 0.1) is 0 Å². The zero-order chi connectivity index (χ0) is 11.3. The molecule has 0 spiro atoms. The molecule has 1 N–H and O–H groups in total. The van der Waals surface area contributed by atoms with Crippen molar-refractivity contribution in [1.29, 1.82) is 0 Å². The number of phenols is 1. The van der Waals surface area contributed by atoms with Gasteiger partial charge < -0.3 is 5.11 Å². The topological polar surface area (TPSA) is 20.2 Å². The van der Waals surface area contributed by atoms with Gasteiger partial charge in [0.15, 0.2) is 0 Å². The molecule has 82 valence electrons. The molecular weight excluding hydrogens is 295 g/mol. The predicted molar refractivity (Wildman–Crippen MR) is 47.2 cm³/mol. The second kappa shape index (κ2) is 2.35. The number of phenolic OH excluding ortho intramolecular Hbond substituents is 1. The summed E-state index contributed by atoms with van der Waals surface area (Å²) in [4.78, 5) is -2.03. The summed E-state index contributed by atoms with van der Waals surface area (Å²) in [6.45, 7) is 0. The van der Waals surface area contributed by atoms with Gasteiger partial charge in [-0.1, -0.05) is 19.4 Å². The van der Waals surface area contributed by atoms with Crippen LogP contribution in [-0.2, 0) is 0 Å². The van der Waals surface area contributed by atoms with E-state index in [-0.39, 0.29) is 12.1 Å². The molecule has 0 heterocycles. The first-order valence-corrected chi connectivity index (χ1v) is 5.87. The van der Waals surface area contributed by atoms with Gasteiger partial charge in [-0.3, -0.25) is 0 Å². The van der Waals surface area contributed by atoms with Gasteiger partial charge in [0.1, 0.15) is 10.6 Å². The first-order chi connectivity index (χ1) is 5.90. The van der Waals surface area contributed by atoms with Gasteiger partial charge in [-0.05, 0) is 34.1 Å². The van der Waals surface area contributed by atoms with Crippen LogP contribution < -0.4 is 0 Å². The molecule has 1 nitrogen and oxygen atoms in total. The quantitative estimate of drug-likeness (QED) is 0.738. The maximum absolute atomic E-state index is 12.2. The molecule has 0 aliphatic rings. The summed E-state index contributed by atoms with van der Waals surface area (Å²) in [6, 6.07) is 0.843. The van der Waals surface area contributed by atoms with E-state index >= 15 is 0 Å². The van der Waals surface area contributed by atoms with Crippen molar-refractivity contribution in [3.63, 3.8) is 0 Å². The Bertz CT molecular complexity index is 386. The average molecular weight is 299 g/mol. The van der Waals surface area contributed by atoms with Crippen LogP contribution in [0.2, 0.25) is 0 Å². The third-order valence-corrected chi connectivity index (χ3v) is 3.14. The van der Waals surface area contributed by atoms with Gasteiger partial charge >= 0.3 is 10.2 Å². The number of aromatic hydroxyl groups is 1. The van der Waals surface area contributed by atoms with Gasteiger partial charge in [0, 0.05) is 0 Å². The molecule has 1 aromatic rings. The number of hydrogen-bond acceptors (Lipinski definition) is 1. The predicted octanol–water partition coefficient (Wildman–Crippen LogP) is 4.81. The summed E-state index contributed by atoms with van der Waals surface area (Å²) in [6.07, 6.45) is 0. The van der Waals surface area contributed by atoms with E-state index in [0.29, 0.717) is 6.07 Å². The Morgan fingerprint density at radius 2 is 1.57 bits per heavy atom. The van der Waals surface area contributed by atoms with Gasteiger partial charge in [0.25, 0.3) is 0 Å². The summed E-state index contributed by atoms with van der Waals surface area (Å²) in [5.74, 6) is -0.532. The van der Waals surface area contributed by atoms with Gasteiger partial charge in [-0.15, -0.1) is 0 Å². The molecule has 0 amide bonds. The molecule has 0 aliphatic carbocycles. The zero-order valence-corrected chi connectivity index (χ0v) is 8.76. The Labute approximate surface area is 84.4 Å². The molecule has 8 heteroatoms. The third kappa shape index (κ3) is 2.50. The first-order valence-electron chi connectivity index (χ1n) is 3.13. The van der Waals surface area contributed by atoms with Crippen molar-refractivity contribution >= 4 is 26.2 Å². The van der Waals surface area contributed by atoms with Crippen LogP contribution in [0.25, 0.3) is 0 Å². The standard InChI is InChI=1S/C6H4BrF5OS/c7-5-3-4(1-2-6(5)13)14(8,9,10,11)12/h1-3,13H. The molecule has 0 saturated heterocycles. The van der Waals surface area contributed by atoms with Crippen LogP contribution in [0.15, 0.2) is 27.6 Å². The maximum atomic E-state index is 12.2. The lowest BCUT2D eigenvalue weighted by Crippen LogP contribution is -2.05. The SMILES string of the molecule is Oc1ccc(S(F)(F)(F)(F)F)cc1Br. The second-order valence-electron chi connectivity index (χ2n) is 2.58. The average Bonchev–Trinajstić information content (AvgIpc) is 1.89. The second-order valence-corrected chi connectivity index (χ2v) is 5.85. The van der Waals surface area contributed by atoms with Crippen molar-refractivity contribution in [1.82, 2.24) is 0 Å². The van der Waals surface area contributed by atoms with Crippen LogP contribution in [0.4, 0.5) is 19.4 Å². The highest BCUT2D eigenvalue weighted by Crippen LogP contribution is 3.02. The highest BCUT2D eigenvalue weighted by molar-refractivity contribution is 9.10. The van der Waals surface area contributed by atoms with Gasteiger partial charge in [0.2, 0.25) is 0 Å². The van der Waals surface area contributed by atoms with Crippen LogP contribution in [-0.4, -0.2) is 5.11 Å². The lowest BCUT2D eigenvalue weighted by atomic mass is 10.3. The smallest absolute Gasteiger partial charge is 0.310 e. The summed E-state index contributed by atoms with van der Waals surface area (Å²) in [5.41, 5.74) is 0. The minimum absolute atomic E-state index is 0.141. The molecule has 0 fully saturated rings. The minimum Gasteiger partial charge on any atom is -0.507 e. The molecule has 0 bridgehead atoms. The fourth-order valence-electron chi connectivity index (χ4n) is 0.728. The molecule has 0 unspecified atom stereocenters. The molecule has 0 radical (unpaired) electrons. The summed E-state index contributed by atoms with van der Waals surface area (Å²) in [5, 5.41) is 8.83. The number of rotatable bonds is 1. The Morgan fingerprint density at radius 3 is 1.93 bits per heavy atom. The Kier molecular flexibility index (Phi) is 1.95. The number of halogens is 6. The van der Waals surface area contributed by atoms with Crippen molar-refractivity contribution in [2.75, 3.05) is 0 Å². The molecule has 1 rings (SSSR count). The number of benzene rings is 1. The fourth-order valence-corrected chi connectivity index (χ4v) is 1.92. The summed E-state index contributed by atoms with van der Waals surface area (Å²) < 4.78 is 60.4. The van der Waals surface area contributed by atoms with E-state index in [2.05, 4.69) is 15.9 Å². The maximum Gasteiger partial charge on any atom is 0.310 e. The lowest BCUT2D eigenvalue weighted by molar-refractivity contribution is 0.363. The van der Waals surface area contributed by atoms with Gasteiger partial charge in [-0.2, -0.15) is 0 Å². The monoisotopic (exact) mass is 298 g/mol. The normalized spacial score (nSPS) is 17.3. The Hall–Kier alpha value is -0.500. The Morgan fingerprint density at radius 1 is 1.07 bits per heavy atom. The van der Waals surface area contributed by atoms with Crippen LogP contribution in [0.1, 0.15) is 0 Å². The van der Waals surface area contributed by atoms with Gasteiger partial charge in [0.05, 0.1) is 4.47 Å². The highest BCUT2D eigenvalue weighted by Gasteiger charge is 2.65. The molecule has 1 aromatic carbocycles. The van der Waals surface area contributed by atoms with E-state index in [1.165, 1.54) is 0 Å². The van der Waals surface area contributed by atoms with Crippen LogP contribution in [0.5, 0.6) is 5.75 Å². The third-order valence-electron chi connectivity index (χ3n) is 1.36. The van der Waals surface area contributed by atoms with Crippen molar-refractivity contribution in [2.24, 2.45) is 0 Å². The Balaban J connectivity index is 3.45. The lowest BCUT2D eigenvalue weighted by Gasteiger charge is -2.40. The molecular formula is C6H4BrF5OS. The van der Waals surface area contributed by atoms with Crippen molar-refractivity contribution in [3.8, 4) is 5.75 Å². The minimum atomic E-state index is -9.63. The molecule has 0 aromatic heterocycles. The first kappa shape index (κ1) is 11.6.